The molecule has 1 aliphatic heterocycles. The summed E-state index contributed by atoms with van der Waals surface area (Å²) in [6, 6.07) is 21.0. The largest absolute Gasteiger partial charge is 0.490 e. The summed E-state index contributed by atoms with van der Waals surface area (Å²) in [4.78, 5) is 44.8. The summed E-state index contributed by atoms with van der Waals surface area (Å²) in [5.74, 6) is -0.339. The van der Waals surface area contributed by atoms with Crippen molar-refractivity contribution in [1.29, 1.82) is 0 Å². The molecule has 5 rings (SSSR count). The van der Waals surface area contributed by atoms with E-state index in [0.717, 1.165) is 9.13 Å². The van der Waals surface area contributed by atoms with Gasteiger partial charge in [0.05, 0.1) is 40.6 Å². The molecule has 1 aliphatic rings. The van der Waals surface area contributed by atoms with Crippen LogP contribution in [0.5, 0.6) is 11.5 Å². The van der Waals surface area contributed by atoms with Gasteiger partial charge in [0.25, 0.3) is 5.56 Å². The maximum atomic E-state index is 13.9. The Kier molecular flexibility index (Phi) is 9.03. The van der Waals surface area contributed by atoms with Crippen LogP contribution in [0.25, 0.3) is 6.08 Å². The molecule has 4 aromatic rings. The van der Waals surface area contributed by atoms with Gasteiger partial charge in [-0.1, -0.05) is 59.9 Å². The topological polar surface area (TPSA) is 96.2 Å². The Morgan fingerprint density at radius 2 is 1.71 bits per heavy atom. The molecule has 0 spiro atoms. The normalized spacial score (nSPS) is 14.7. The molecule has 8 nitrogen and oxygen atoms in total. The number of hydrogen-bond acceptors (Lipinski definition) is 8. The average Bonchev–Trinajstić information content (AvgIpc) is 3.28. The van der Waals surface area contributed by atoms with Gasteiger partial charge in [0.2, 0.25) is 0 Å². The lowest BCUT2D eigenvalue weighted by Crippen LogP contribution is -2.39. The van der Waals surface area contributed by atoms with E-state index >= 15 is 0 Å². The van der Waals surface area contributed by atoms with Crippen LogP contribution < -0.4 is 24.4 Å². The predicted octanol–water partition coefficient (Wildman–Crippen LogP) is 5.02. The lowest BCUT2D eigenvalue weighted by atomic mass is 9.96. The summed E-state index contributed by atoms with van der Waals surface area (Å²) in [6.45, 7) is 5.89. The molecule has 0 saturated heterocycles. The van der Waals surface area contributed by atoms with Crippen molar-refractivity contribution in [2.45, 2.75) is 26.8 Å². The Balaban J connectivity index is 1.56. The maximum Gasteiger partial charge on any atom is 0.344 e. The quantitative estimate of drug-likeness (QED) is 0.146. The summed E-state index contributed by atoms with van der Waals surface area (Å²) in [7, 11) is 0. The van der Waals surface area contributed by atoms with Crippen molar-refractivity contribution in [2.24, 2.45) is 4.99 Å². The molecule has 0 amide bonds. The van der Waals surface area contributed by atoms with Gasteiger partial charge in [0.1, 0.15) is 0 Å². The van der Waals surface area contributed by atoms with Crippen LogP contribution in [0.2, 0.25) is 0 Å². The van der Waals surface area contributed by atoms with Crippen LogP contribution in [-0.4, -0.2) is 29.7 Å². The zero-order valence-electron chi connectivity index (χ0n) is 23.1. The van der Waals surface area contributed by atoms with Crippen LogP contribution >= 0.6 is 33.9 Å². The second-order valence-electron chi connectivity index (χ2n) is 9.22. The number of aromatic nitrogens is 1. The summed E-state index contributed by atoms with van der Waals surface area (Å²) in [5, 5.41) is 0. The molecular formula is C32H27IN2O6S. The molecule has 0 fully saturated rings. The van der Waals surface area contributed by atoms with Gasteiger partial charge in [-0.2, -0.15) is 0 Å². The average molecular weight is 695 g/mol. The maximum absolute atomic E-state index is 13.9. The number of thiazole rings is 1. The highest BCUT2D eigenvalue weighted by Gasteiger charge is 2.33. The van der Waals surface area contributed by atoms with E-state index in [0.29, 0.717) is 44.1 Å². The number of carbonyl (C=O) groups is 2. The smallest absolute Gasteiger partial charge is 0.344 e. The summed E-state index contributed by atoms with van der Waals surface area (Å²) < 4.78 is 19.6. The first-order valence-electron chi connectivity index (χ1n) is 13.3. The number of allylic oxidation sites excluding steroid dienone is 1. The number of halogens is 1. The van der Waals surface area contributed by atoms with Gasteiger partial charge in [-0.05, 0) is 84.8 Å². The van der Waals surface area contributed by atoms with Crippen LogP contribution in [0.15, 0.2) is 93.9 Å². The van der Waals surface area contributed by atoms with Gasteiger partial charge in [0.15, 0.2) is 16.3 Å². The number of rotatable bonds is 8. The van der Waals surface area contributed by atoms with Gasteiger partial charge in [-0.3, -0.25) is 9.36 Å². The zero-order valence-corrected chi connectivity index (χ0v) is 26.1. The molecule has 2 heterocycles. The number of nitrogens with zero attached hydrogens (tertiary/aromatic N) is 2. The van der Waals surface area contributed by atoms with E-state index in [9.17, 15) is 14.4 Å². The number of carbonyl (C=O) groups excluding carboxylic acids is 2. The minimum atomic E-state index is -0.676. The van der Waals surface area contributed by atoms with Crippen LogP contribution in [0.4, 0.5) is 0 Å². The third kappa shape index (κ3) is 5.95. The van der Waals surface area contributed by atoms with E-state index in [1.807, 2.05) is 49.4 Å². The SMILES string of the molecule is CCOC(=O)C1=C(C)N=c2sc(=Cc3ccc(OC(=O)c4ccccc4I)c(OCC)c3)c(=O)n2[C@H]1c1ccccc1. The predicted molar refractivity (Wildman–Crippen MR) is 169 cm³/mol. The first kappa shape index (κ1) is 29.5. The second-order valence-corrected chi connectivity index (χ2v) is 11.4. The third-order valence-corrected chi connectivity index (χ3v) is 8.42. The van der Waals surface area contributed by atoms with Crippen molar-refractivity contribution in [1.82, 2.24) is 4.57 Å². The monoisotopic (exact) mass is 694 g/mol. The Morgan fingerprint density at radius 1 is 0.976 bits per heavy atom. The van der Waals surface area contributed by atoms with Crippen molar-refractivity contribution < 1.29 is 23.8 Å². The van der Waals surface area contributed by atoms with Crippen LogP contribution in [0.3, 0.4) is 0 Å². The number of esters is 2. The Morgan fingerprint density at radius 3 is 2.43 bits per heavy atom. The Hall–Kier alpha value is -4.03. The first-order chi connectivity index (χ1) is 20.3. The molecule has 0 aliphatic carbocycles. The standard InChI is InChI=1S/C32H27IN2O6S/c1-4-39-25-17-20(15-16-24(25)41-30(37)22-13-9-10-14-23(22)33)18-26-29(36)35-28(21-11-7-6-8-12-21)27(31(38)40-5-2)19(3)34-32(35)42-26/h6-18,28H,4-5H2,1-3H3/t28-/m0/s1. The van der Waals surface area contributed by atoms with Gasteiger partial charge in [-0.25, -0.2) is 14.6 Å². The number of fused-ring (bicyclic) bond motifs is 1. The van der Waals surface area contributed by atoms with Crippen LogP contribution in [-0.2, 0) is 9.53 Å². The van der Waals surface area contributed by atoms with Crippen molar-refractivity contribution in [3.05, 3.63) is 124 Å². The van der Waals surface area contributed by atoms with E-state index in [1.165, 1.54) is 11.3 Å². The molecule has 3 aromatic carbocycles. The first-order valence-corrected chi connectivity index (χ1v) is 15.2. The van der Waals surface area contributed by atoms with E-state index < -0.39 is 18.0 Å². The van der Waals surface area contributed by atoms with Gasteiger partial charge < -0.3 is 14.2 Å². The molecule has 214 valence electrons. The lowest BCUT2D eigenvalue weighted by Gasteiger charge is -2.24. The minimum absolute atomic E-state index is 0.208. The molecule has 0 saturated carbocycles. The van der Waals surface area contributed by atoms with Crippen LogP contribution in [0, 0.1) is 3.57 Å². The van der Waals surface area contributed by atoms with E-state index in [4.69, 9.17) is 14.2 Å². The summed E-state index contributed by atoms with van der Waals surface area (Å²) in [6.07, 6.45) is 1.74. The highest BCUT2D eigenvalue weighted by molar-refractivity contribution is 14.1. The highest BCUT2D eigenvalue weighted by Crippen LogP contribution is 2.32. The Labute approximate surface area is 259 Å². The molecule has 0 bridgehead atoms. The molecule has 1 aromatic heterocycles. The fraction of sp³-hybridized carbons (Fsp3) is 0.188. The number of ether oxygens (including phenoxy) is 3. The van der Waals surface area contributed by atoms with E-state index in [2.05, 4.69) is 27.6 Å². The molecule has 0 radical (unpaired) electrons. The van der Waals surface area contributed by atoms with E-state index in [1.54, 1.807) is 54.8 Å². The van der Waals surface area contributed by atoms with Crippen molar-refractivity contribution in [2.75, 3.05) is 13.2 Å². The number of benzene rings is 3. The lowest BCUT2D eigenvalue weighted by molar-refractivity contribution is -0.139. The Bertz CT molecular complexity index is 1880. The molecule has 0 unspecified atom stereocenters. The molecular weight excluding hydrogens is 667 g/mol. The van der Waals surface area contributed by atoms with Crippen molar-refractivity contribution >= 4 is 51.9 Å². The summed E-state index contributed by atoms with van der Waals surface area (Å²) in [5.41, 5.74) is 2.47. The number of hydrogen-bond donors (Lipinski definition) is 0. The second kappa shape index (κ2) is 12.9. The van der Waals surface area contributed by atoms with Crippen LogP contribution in [0.1, 0.15) is 48.3 Å². The third-order valence-electron chi connectivity index (χ3n) is 6.49. The molecule has 0 N–H and O–H groups in total. The molecule has 1 atom stereocenters. The zero-order chi connectivity index (χ0) is 29.8. The highest BCUT2D eigenvalue weighted by atomic mass is 127. The van der Waals surface area contributed by atoms with Gasteiger partial charge >= 0.3 is 11.9 Å². The van der Waals surface area contributed by atoms with Crippen molar-refractivity contribution in [3.63, 3.8) is 0 Å². The fourth-order valence-corrected chi connectivity index (χ4v) is 6.30. The van der Waals surface area contributed by atoms with Gasteiger partial charge in [0, 0.05) is 3.57 Å². The van der Waals surface area contributed by atoms with Crippen molar-refractivity contribution in [3.8, 4) is 11.5 Å². The molecule has 10 heteroatoms. The fourth-order valence-electron chi connectivity index (χ4n) is 4.64. The molecule has 42 heavy (non-hydrogen) atoms. The van der Waals surface area contributed by atoms with Gasteiger partial charge in [-0.15, -0.1) is 0 Å². The van der Waals surface area contributed by atoms with E-state index in [-0.39, 0.29) is 17.9 Å². The minimum Gasteiger partial charge on any atom is -0.490 e. The summed E-state index contributed by atoms with van der Waals surface area (Å²) >= 11 is 3.32.